The molecule has 8 heteroatoms. The quantitative estimate of drug-likeness (QED) is 0.239. The molecule has 4 aromatic rings. The molecule has 0 atom stereocenters. The fraction of sp³-hybridized carbons (Fsp3) is 0.242. The minimum Gasteiger partial charge on any atom is -0.493 e. The summed E-state index contributed by atoms with van der Waals surface area (Å²) in [5.41, 5.74) is 4.75. The summed E-state index contributed by atoms with van der Waals surface area (Å²) in [6.07, 6.45) is 7.14. The lowest BCUT2D eigenvalue weighted by molar-refractivity contribution is -0.113. The number of para-hydroxylation sites is 1. The Morgan fingerprint density at radius 2 is 1.63 bits per heavy atom. The number of hydrogen-bond donors (Lipinski definition) is 0. The molecule has 2 aliphatic heterocycles. The van der Waals surface area contributed by atoms with Gasteiger partial charge < -0.3 is 14.4 Å². The van der Waals surface area contributed by atoms with E-state index in [0.717, 1.165) is 60.0 Å². The van der Waals surface area contributed by atoms with Crippen LogP contribution < -0.4 is 9.47 Å². The molecular formula is C33H32N4O3S. The number of likely N-dealkylation sites (tertiary alicyclic amines) is 1. The molecule has 41 heavy (non-hydrogen) atoms. The Morgan fingerprint density at radius 1 is 0.927 bits per heavy atom. The lowest BCUT2D eigenvalue weighted by Gasteiger charge is -2.32. The van der Waals surface area contributed by atoms with Crippen LogP contribution in [0, 0.1) is 5.92 Å². The summed E-state index contributed by atoms with van der Waals surface area (Å²) in [6, 6.07) is 26.3. The highest BCUT2D eigenvalue weighted by Gasteiger charge is 2.29. The van der Waals surface area contributed by atoms with Gasteiger partial charge in [0, 0.05) is 30.4 Å². The van der Waals surface area contributed by atoms with Crippen LogP contribution in [0.3, 0.4) is 0 Å². The predicted molar refractivity (Wildman–Crippen MR) is 165 cm³/mol. The Morgan fingerprint density at radius 3 is 2.34 bits per heavy atom. The Kier molecular flexibility index (Phi) is 7.91. The Labute approximate surface area is 244 Å². The third-order valence-electron chi connectivity index (χ3n) is 7.57. The van der Waals surface area contributed by atoms with Crippen LogP contribution in [0.15, 0.2) is 95.0 Å². The average Bonchev–Trinajstić information content (AvgIpc) is 3.61. The van der Waals surface area contributed by atoms with E-state index in [1.165, 1.54) is 17.3 Å². The maximum absolute atomic E-state index is 13.1. The minimum atomic E-state index is -0.206. The van der Waals surface area contributed by atoms with E-state index < -0.39 is 0 Å². The molecule has 1 saturated heterocycles. The number of aliphatic imine (C=N–C) groups is 1. The van der Waals surface area contributed by atoms with E-state index in [4.69, 9.17) is 14.6 Å². The van der Waals surface area contributed by atoms with Gasteiger partial charge in [0.1, 0.15) is 5.69 Å². The van der Waals surface area contributed by atoms with E-state index >= 15 is 0 Å². The summed E-state index contributed by atoms with van der Waals surface area (Å²) in [5, 5.41) is 5.70. The number of piperidine rings is 1. The number of amidine groups is 1. The Balaban J connectivity index is 1.23. The number of methoxy groups -OCH3 is 2. The van der Waals surface area contributed by atoms with E-state index in [-0.39, 0.29) is 5.91 Å². The second-order valence-corrected chi connectivity index (χ2v) is 11.2. The highest BCUT2D eigenvalue weighted by atomic mass is 32.2. The van der Waals surface area contributed by atoms with Crippen molar-refractivity contribution >= 4 is 28.9 Å². The van der Waals surface area contributed by atoms with Crippen molar-refractivity contribution in [2.24, 2.45) is 10.9 Å². The van der Waals surface area contributed by atoms with Crippen LogP contribution in [-0.2, 0) is 11.2 Å². The van der Waals surface area contributed by atoms with E-state index in [9.17, 15) is 4.79 Å². The summed E-state index contributed by atoms with van der Waals surface area (Å²) >= 11 is 1.45. The number of ether oxygens (including phenoxy) is 2. The van der Waals surface area contributed by atoms with Crippen molar-refractivity contribution in [2.75, 3.05) is 27.3 Å². The molecule has 2 aliphatic rings. The van der Waals surface area contributed by atoms with Crippen molar-refractivity contribution < 1.29 is 14.3 Å². The standard InChI is InChI=1S/C33H32N4O3S/c1-39-28-14-13-25(20-29(28)40-2)31-26(22-37(35-31)27-11-7-4-8-12-27)21-30-32(38)34-33(41-30)36-17-15-24(16-18-36)19-23-9-5-3-6-10-23/h3-14,20-22,24H,15-19H2,1-2H3. The van der Waals surface area contributed by atoms with E-state index in [2.05, 4.69) is 40.2 Å². The monoisotopic (exact) mass is 564 g/mol. The van der Waals surface area contributed by atoms with E-state index in [0.29, 0.717) is 22.3 Å². The molecule has 1 fully saturated rings. The Hall–Kier alpha value is -4.30. The van der Waals surface area contributed by atoms with Gasteiger partial charge in [0.2, 0.25) is 0 Å². The third kappa shape index (κ3) is 5.93. The summed E-state index contributed by atoms with van der Waals surface area (Å²) in [7, 11) is 3.23. The predicted octanol–water partition coefficient (Wildman–Crippen LogP) is 6.48. The smallest absolute Gasteiger partial charge is 0.286 e. The second kappa shape index (κ2) is 12.1. The van der Waals surface area contributed by atoms with Gasteiger partial charge in [-0.05, 0) is 78.9 Å². The number of nitrogens with zero attached hydrogens (tertiary/aromatic N) is 4. The number of carbonyl (C=O) groups is 1. The van der Waals surface area contributed by atoms with Gasteiger partial charge in [0.15, 0.2) is 16.7 Å². The number of aromatic nitrogens is 2. The number of hydrogen-bond acceptors (Lipinski definition) is 6. The molecule has 0 radical (unpaired) electrons. The molecule has 7 nitrogen and oxygen atoms in total. The maximum atomic E-state index is 13.1. The van der Waals surface area contributed by atoms with Crippen molar-refractivity contribution in [1.82, 2.24) is 14.7 Å². The maximum Gasteiger partial charge on any atom is 0.286 e. The van der Waals surface area contributed by atoms with Gasteiger partial charge in [0.05, 0.1) is 24.8 Å². The zero-order chi connectivity index (χ0) is 28.2. The number of amides is 1. The molecule has 0 bridgehead atoms. The number of thioether (sulfide) groups is 1. The van der Waals surface area contributed by atoms with E-state index in [1.807, 2.05) is 65.5 Å². The average molecular weight is 565 g/mol. The highest BCUT2D eigenvalue weighted by molar-refractivity contribution is 8.18. The molecule has 0 saturated carbocycles. The van der Waals surface area contributed by atoms with Crippen LogP contribution in [-0.4, -0.2) is 53.1 Å². The molecule has 3 heterocycles. The zero-order valence-corrected chi connectivity index (χ0v) is 24.0. The van der Waals surface area contributed by atoms with Crippen molar-refractivity contribution in [2.45, 2.75) is 19.3 Å². The first-order valence-corrected chi connectivity index (χ1v) is 14.6. The molecule has 0 aliphatic carbocycles. The van der Waals surface area contributed by atoms with Crippen LogP contribution in [0.25, 0.3) is 23.0 Å². The van der Waals surface area contributed by atoms with Gasteiger partial charge in [-0.15, -0.1) is 0 Å². The summed E-state index contributed by atoms with van der Waals surface area (Å²) in [5.74, 6) is 1.71. The number of benzene rings is 3. The Bertz CT molecular complexity index is 1590. The van der Waals surface area contributed by atoms with Gasteiger partial charge in [-0.1, -0.05) is 48.5 Å². The molecular weight excluding hydrogens is 532 g/mol. The highest BCUT2D eigenvalue weighted by Crippen LogP contribution is 2.37. The topological polar surface area (TPSA) is 69.0 Å². The lowest BCUT2D eigenvalue weighted by atomic mass is 9.90. The van der Waals surface area contributed by atoms with Crippen LogP contribution in [0.2, 0.25) is 0 Å². The van der Waals surface area contributed by atoms with Crippen LogP contribution in [0.1, 0.15) is 24.0 Å². The minimum absolute atomic E-state index is 0.206. The van der Waals surface area contributed by atoms with Gasteiger partial charge in [-0.2, -0.15) is 10.1 Å². The zero-order valence-electron chi connectivity index (χ0n) is 23.2. The van der Waals surface area contributed by atoms with Crippen molar-refractivity contribution in [3.63, 3.8) is 0 Å². The molecule has 0 unspecified atom stereocenters. The van der Waals surface area contributed by atoms with Crippen LogP contribution in [0.5, 0.6) is 11.5 Å². The van der Waals surface area contributed by atoms with Crippen molar-refractivity contribution in [3.8, 4) is 28.4 Å². The normalized spacial score (nSPS) is 16.7. The first kappa shape index (κ1) is 26.9. The first-order chi connectivity index (χ1) is 20.1. The summed E-state index contributed by atoms with van der Waals surface area (Å²) in [4.78, 5) is 20.4. The van der Waals surface area contributed by atoms with Gasteiger partial charge >= 0.3 is 0 Å². The number of rotatable bonds is 7. The fourth-order valence-corrected chi connectivity index (χ4v) is 6.32. The summed E-state index contributed by atoms with van der Waals surface area (Å²) < 4.78 is 12.8. The molecule has 1 aromatic heterocycles. The fourth-order valence-electron chi connectivity index (χ4n) is 5.36. The molecule has 0 spiro atoms. The largest absolute Gasteiger partial charge is 0.493 e. The molecule has 1 amide bonds. The molecule has 3 aromatic carbocycles. The van der Waals surface area contributed by atoms with Gasteiger partial charge in [-0.25, -0.2) is 4.68 Å². The molecule has 208 valence electrons. The van der Waals surface area contributed by atoms with Gasteiger partial charge in [0.25, 0.3) is 5.91 Å². The molecule has 0 N–H and O–H groups in total. The third-order valence-corrected chi connectivity index (χ3v) is 8.61. The van der Waals surface area contributed by atoms with E-state index in [1.54, 1.807) is 14.2 Å². The van der Waals surface area contributed by atoms with Gasteiger partial charge in [-0.3, -0.25) is 4.79 Å². The second-order valence-electron chi connectivity index (χ2n) is 10.2. The number of carbonyl (C=O) groups excluding carboxylic acids is 1. The van der Waals surface area contributed by atoms with Crippen molar-refractivity contribution in [1.29, 1.82) is 0 Å². The first-order valence-electron chi connectivity index (χ1n) is 13.8. The van der Waals surface area contributed by atoms with Crippen molar-refractivity contribution in [3.05, 3.63) is 101 Å². The SMILES string of the molecule is COc1ccc(-c2nn(-c3ccccc3)cc2C=C2SC(N3CCC(Cc4ccccc4)CC3)=NC2=O)cc1OC. The van der Waals surface area contributed by atoms with Crippen LogP contribution >= 0.6 is 11.8 Å². The van der Waals surface area contributed by atoms with Crippen LogP contribution in [0.4, 0.5) is 0 Å². The summed E-state index contributed by atoms with van der Waals surface area (Å²) in [6.45, 7) is 1.82. The lowest BCUT2D eigenvalue weighted by Crippen LogP contribution is -2.37. The molecule has 6 rings (SSSR count).